The maximum Gasteiger partial charge on any atom is 0.240 e. The molecule has 46 heavy (non-hydrogen) atoms. The highest BCUT2D eigenvalue weighted by Crippen LogP contribution is 2.61. The van der Waals surface area contributed by atoms with Gasteiger partial charge in [-0.15, -0.1) is 0 Å². The number of ether oxygens (including phenoxy) is 1. The first-order valence-electron chi connectivity index (χ1n) is 17.8. The average molecular weight is 651 g/mol. The molecular weight excluding hydrogens is 588 g/mol. The highest BCUT2D eigenvalue weighted by atomic mass is 16.7. The van der Waals surface area contributed by atoms with Gasteiger partial charge >= 0.3 is 0 Å². The Labute approximate surface area is 276 Å². The van der Waals surface area contributed by atoms with Crippen molar-refractivity contribution in [1.82, 2.24) is 21.0 Å². The quantitative estimate of drug-likeness (QED) is 0.193. The molecule has 0 spiro atoms. The van der Waals surface area contributed by atoms with Gasteiger partial charge in [0.2, 0.25) is 17.7 Å². The predicted molar refractivity (Wildman–Crippen MR) is 175 cm³/mol. The smallest absolute Gasteiger partial charge is 0.240 e. The molecule has 5 N–H and O–H groups in total. The zero-order chi connectivity index (χ0) is 33.9. The van der Waals surface area contributed by atoms with Crippen molar-refractivity contribution in [3.05, 3.63) is 0 Å². The molecule has 3 amide bonds. The Morgan fingerprint density at radius 2 is 1.65 bits per heavy atom. The summed E-state index contributed by atoms with van der Waals surface area (Å²) in [5, 5.41) is 31.7. The number of nitrogens with one attached hydrogen (secondary N) is 3. The third-order valence-corrected chi connectivity index (χ3v) is 12.6. The molecule has 1 heterocycles. The summed E-state index contributed by atoms with van der Waals surface area (Å²) >= 11 is 0. The van der Waals surface area contributed by atoms with Crippen molar-refractivity contribution in [3.8, 4) is 0 Å². The van der Waals surface area contributed by atoms with Crippen LogP contribution in [0.3, 0.4) is 0 Å². The molecule has 12 atom stereocenters. The second-order valence-corrected chi connectivity index (χ2v) is 15.5. The van der Waals surface area contributed by atoms with Crippen molar-refractivity contribution in [2.24, 2.45) is 52.8 Å². The van der Waals surface area contributed by atoms with Gasteiger partial charge in [-0.25, -0.2) is 0 Å². The fourth-order valence-corrected chi connectivity index (χ4v) is 9.78. The molecule has 264 valence electrons. The largest absolute Gasteiger partial charge is 0.394 e. The van der Waals surface area contributed by atoms with Crippen molar-refractivity contribution in [2.75, 3.05) is 34.4 Å². The van der Waals surface area contributed by atoms with E-state index in [-0.39, 0.29) is 60.1 Å². The van der Waals surface area contributed by atoms with Gasteiger partial charge in [0.05, 0.1) is 18.8 Å². The highest BCUT2D eigenvalue weighted by molar-refractivity contribution is 5.83. The number of hydroxylamine groups is 2. The normalized spacial score (nSPS) is 37.4. The summed E-state index contributed by atoms with van der Waals surface area (Å²) in [6.07, 6.45) is 4.70. The summed E-state index contributed by atoms with van der Waals surface area (Å²) in [5.74, 6) is 0.332. The molecule has 0 aromatic carbocycles. The molecule has 5 aliphatic rings. The number of hydrogen-bond acceptors (Lipinski definition) is 8. The third-order valence-electron chi connectivity index (χ3n) is 12.6. The van der Waals surface area contributed by atoms with Gasteiger partial charge in [-0.3, -0.25) is 19.2 Å². The van der Waals surface area contributed by atoms with Crippen molar-refractivity contribution in [3.63, 3.8) is 0 Å². The van der Waals surface area contributed by atoms with Crippen molar-refractivity contribution in [2.45, 2.75) is 116 Å². The monoisotopic (exact) mass is 650 g/mol. The number of carbonyl (C=O) groups excluding carboxylic acids is 3. The predicted octanol–water partition coefficient (Wildman–Crippen LogP) is 2.49. The van der Waals surface area contributed by atoms with Crippen LogP contribution < -0.4 is 16.0 Å². The number of fused-ring (bicyclic) bond motifs is 2. The van der Waals surface area contributed by atoms with Crippen LogP contribution in [-0.4, -0.2) is 97.8 Å². The molecule has 0 aromatic heterocycles. The Bertz CT molecular complexity index is 1030. The van der Waals surface area contributed by atoms with Crippen LogP contribution in [0.15, 0.2) is 0 Å². The Morgan fingerprint density at radius 3 is 2.13 bits per heavy atom. The number of nitrogens with zero attached hydrogens (tertiary/aromatic N) is 1. The van der Waals surface area contributed by atoms with Crippen molar-refractivity contribution in [1.29, 1.82) is 0 Å². The summed E-state index contributed by atoms with van der Waals surface area (Å²) in [6, 6.07) is -0.683. The molecular formula is C35H62N4O7. The van der Waals surface area contributed by atoms with Crippen LogP contribution in [0.5, 0.6) is 0 Å². The van der Waals surface area contributed by atoms with Gasteiger partial charge in [0, 0.05) is 57.5 Å². The van der Waals surface area contributed by atoms with Crippen LogP contribution in [0.1, 0.15) is 86.0 Å². The van der Waals surface area contributed by atoms with Crippen LogP contribution in [0.25, 0.3) is 0 Å². The zero-order valence-electron chi connectivity index (χ0n) is 29.5. The van der Waals surface area contributed by atoms with E-state index in [1.807, 2.05) is 0 Å². The molecule has 11 nitrogen and oxygen atoms in total. The molecule has 5 fully saturated rings. The number of hydrogen-bond donors (Lipinski definition) is 5. The first-order chi connectivity index (χ1) is 21.8. The van der Waals surface area contributed by atoms with Gasteiger partial charge in [0.25, 0.3) is 0 Å². The Balaban J connectivity index is 1.52. The lowest BCUT2D eigenvalue weighted by molar-refractivity contribution is -0.189. The fourth-order valence-electron chi connectivity index (χ4n) is 9.78. The van der Waals surface area contributed by atoms with Crippen LogP contribution >= 0.6 is 0 Å². The molecule has 1 saturated heterocycles. The molecule has 0 aromatic rings. The average Bonchev–Trinajstić information content (AvgIpc) is 3.41. The minimum absolute atomic E-state index is 0.0155. The molecule has 11 heteroatoms. The summed E-state index contributed by atoms with van der Waals surface area (Å²) in [6.45, 7) is 10.8. The van der Waals surface area contributed by atoms with Crippen LogP contribution in [0.2, 0.25) is 0 Å². The summed E-state index contributed by atoms with van der Waals surface area (Å²) in [5.41, 5.74) is 0.300. The second kappa shape index (κ2) is 15.6. The van der Waals surface area contributed by atoms with Crippen molar-refractivity contribution < 1.29 is 34.2 Å². The van der Waals surface area contributed by atoms with E-state index < -0.39 is 24.2 Å². The topological polar surface area (TPSA) is 149 Å². The molecule has 5 rings (SSSR count). The summed E-state index contributed by atoms with van der Waals surface area (Å²) in [7, 11) is 4.97. The molecule has 4 unspecified atom stereocenters. The Morgan fingerprint density at radius 1 is 1.02 bits per heavy atom. The maximum atomic E-state index is 14.1. The van der Waals surface area contributed by atoms with Gasteiger partial charge in [0.15, 0.2) is 0 Å². The summed E-state index contributed by atoms with van der Waals surface area (Å²) in [4.78, 5) is 45.8. The number of carbonyl (C=O) groups is 3. The molecule has 1 aliphatic heterocycles. The van der Waals surface area contributed by atoms with E-state index in [1.165, 1.54) is 6.42 Å². The molecule has 4 saturated carbocycles. The molecule has 0 radical (unpaired) electrons. The van der Waals surface area contributed by atoms with Gasteiger partial charge in [0.1, 0.15) is 12.1 Å². The van der Waals surface area contributed by atoms with Gasteiger partial charge in [-0.05, 0) is 81.0 Å². The standard InChI is InChI=1S/C35H62N4O7/c1-9-10-22(28(45-8)13-21-11-23(32(42)36-6)14-24(12-21)33(43)37-7)17-39-31(30(20(3)41)29(18-40)46-39)34(44)38-27-16-25-15-26(19(27)2)35(25,4)5/h19-31,40-41H,9-18H2,1-8H3,(H,36,42)(H,37,43)(H,38,44)/t19-,20-,21?,22?,23?,24?,25+,26-,27-,28?,29-,30+,31-/m0/s1. The second-order valence-electron chi connectivity index (χ2n) is 15.5. The Hall–Kier alpha value is -1.79. The first kappa shape index (κ1) is 37.0. The first-order valence-corrected chi connectivity index (χ1v) is 17.8. The van der Waals surface area contributed by atoms with E-state index in [2.05, 4.69) is 43.6 Å². The van der Waals surface area contributed by atoms with Crippen LogP contribution in [0, 0.1) is 52.8 Å². The lowest BCUT2D eigenvalue weighted by Gasteiger charge is -2.62. The van der Waals surface area contributed by atoms with E-state index in [9.17, 15) is 24.6 Å². The molecule has 4 aliphatic carbocycles. The highest BCUT2D eigenvalue weighted by Gasteiger charge is 2.57. The Kier molecular flexibility index (Phi) is 12.6. The lowest BCUT2D eigenvalue weighted by atomic mass is 9.45. The minimum atomic E-state index is -0.859. The van der Waals surface area contributed by atoms with E-state index in [1.54, 1.807) is 33.2 Å². The van der Waals surface area contributed by atoms with E-state index in [0.29, 0.717) is 55.4 Å². The van der Waals surface area contributed by atoms with Crippen molar-refractivity contribution >= 4 is 17.7 Å². The van der Waals surface area contributed by atoms with Crippen LogP contribution in [0.4, 0.5) is 0 Å². The number of amides is 3. The minimum Gasteiger partial charge on any atom is -0.394 e. The number of aliphatic hydroxyl groups excluding tert-OH is 2. The SMILES string of the molecule is CCCC(CN1O[C@@H](CO)[C@@H]([C@H](C)O)[C@H]1C(=O)N[C@H]1C[C@H]2C[C@@H]([C@@H]1C)C2(C)C)C(CC1CC(C(=O)NC)CC(C(=O)NC)C1)OC. The number of methoxy groups -OCH3 is 1. The van der Waals surface area contributed by atoms with E-state index >= 15 is 0 Å². The number of rotatable bonds is 14. The van der Waals surface area contributed by atoms with Crippen LogP contribution in [-0.2, 0) is 24.0 Å². The fraction of sp³-hybridized carbons (Fsp3) is 0.914. The molecule has 2 bridgehead atoms. The van der Waals surface area contributed by atoms with E-state index in [0.717, 1.165) is 19.3 Å². The summed E-state index contributed by atoms with van der Waals surface area (Å²) < 4.78 is 6.13. The lowest BCUT2D eigenvalue weighted by Crippen LogP contribution is -2.62. The van der Waals surface area contributed by atoms with E-state index in [4.69, 9.17) is 9.57 Å². The number of aliphatic hydroxyl groups is 2. The van der Waals surface area contributed by atoms with Gasteiger partial charge in [-0.2, -0.15) is 5.06 Å². The maximum absolute atomic E-state index is 14.1. The third kappa shape index (κ3) is 7.59. The zero-order valence-corrected chi connectivity index (χ0v) is 29.5. The van der Waals surface area contributed by atoms with Gasteiger partial charge < -0.3 is 30.9 Å². The van der Waals surface area contributed by atoms with Gasteiger partial charge in [-0.1, -0.05) is 34.1 Å².